The molecule has 0 bridgehead atoms. The Hall–Kier alpha value is -1.62. The van der Waals surface area contributed by atoms with Crippen LogP contribution in [0.1, 0.15) is 31.2 Å². The molecule has 1 aromatic carbocycles. The van der Waals surface area contributed by atoms with Gasteiger partial charge in [-0.3, -0.25) is 0 Å². The number of ether oxygens (including phenoxy) is 1. The average Bonchev–Trinajstić information content (AvgIpc) is 2.96. The SMILES string of the molecule is O=C(NC1CCOCC1)N1CCCC1Cc1cccc(F)c1. The topological polar surface area (TPSA) is 41.6 Å². The molecule has 1 N–H and O–H groups in total. The third-order valence-electron chi connectivity index (χ3n) is 4.55. The normalized spacial score (nSPS) is 22.8. The molecule has 0 spiro atoms. The van der Waals surface area contributed by atoms with E-state index in [1.54, 1.807) is 12.1 Å². The molecule has 120 valence electrons. The van der Waals surface area contributed by atoms with Crippen LogP contribution in [0.4, 0.5) is 9.18 Å². The molecule has 3 rings (SSSR count). The number of rotatable bonds is 3. The molecule has 2 aliphatic rings. The summed E-state index contributed by atoms with van der Waals surface area (Å²) in [5.74, 6) is -0.214. The summed E-state index contributed by atoms with van der Waals surface area (Å²) in [6.07, 6.45) is 4.49. The van der Waals surface area contributed by atoms with Crippen LogP contribution in [0.5, 0.6) is 0 Å². The number of benzene rings is 1. The molecule has 0 aliphatic carbocycles. The molecule has 2 aliphatic heterocycles. The molecule has 2 saturated heterocycles. The van der Waals surface area contributed by atoms with E-state index in [1.165, 1.54) is 6.07 Å². The average molecular weight is 306 g/mol. The fourth-order valence-corrected chi connectivity index (χ4v) is 3.35. The molecule has 0 aromatic heterocycles. The predicted molar refractivity (Wildman–Crippen MR) is 82.2 cm³/mol. The van der Waals surface area contributed by atoms with Crippen LogP contribution < -0.4 is 5.32 Å². The minimum Gasteiger partial charge on any atom is -0.381 e. The maximum absolute atomic E-state index is 13.3. The van der Waals surface area contributed by atoms with E-state index in [-0.39, 0.29) is 23.9 Å². The molecule has 22 heavy (non-hydrogen) atoms. The van der Waals surface area contributed by atoms with E-state index in [9.17, 15) is 9.18 Å². The maximum Gasteiger partial charge on any atom is 0.317 e. The monoisotopic (exact) mass is 306 g/mol. The zero-order chi connectivity index (χ0) is 15.4. The Morgan fingerprint density at radius 2 is 2.14 bits per heavy atom. The van der Waals surface area contributed by atoms with Crippen molar-refractivity contribution in [2.75, 3.05) is 19.8 Å². The molecular weight excluding hydrogens is 283 g/mol. The van der Waals surface area contributed by atoms with E-state index in [1.807, 2.05) is 11.0 Å². The van der Waals surface area contributed by atoms with Gasteiger partial charge in [0.1, 0.15) is 5.82 Å². The van der Waals surface area contributed by atoms with Gasteiger partial charge in [-0.15, -0.1) is 0 Å². The summed E-state index contributed by atoms with van der Waals surface area (Å²) in [7, 11) is 0. The van der Waals surface area contributed by atoms with Crippen LogP contribution in [0.2, 0.25) is 0 Å². The molecule has 2 heterocycles. The summed E-state index contributed by atoms with van der Waals surface area (Å²) in [4.78, 5) is 14.4. The first-order valence-corrected chi connectivity index (χ1v) is 8.12. The van der Waals surface area contributed by atoms with Crippen molar-refractivity contribution in [1.29, 1.82) is 0 Å². The van der Waals surface area contributed by atoms with Gasteiger partial charge < -0.3 is 15.0 Å². The van der Waals surface area contributed by atoms with Gasteiger partial charge in [-0.1, -0.05) is 12.1 Å². The van der Waals surface area contributed by atoms with Gasteiger partial charge >= 0.3 is 6.03 Å². The molecule has 2 fully saturated rings. The lowest BCUT2D eigenvalue weighted by atomic mass is 10.0. The van der Waals surface area contributed by atoms with Crippen LogP contribution in [-0.4, -0.2) is 42.8 Å². The Kier molecular flexibility index (Phi) is 4.93. The van der Waals surface area contributed by atoms with Crippen molar-refractivity contribution in [1.82, 2.24) is 10.2 Å². The molecule has 1 aromatic rings. The number of hydrogen-bond acceptors (Lipinski definition) is 2. The summed E-state index contributed by atoms with van der Waals surface area (Å²) >= 11 is 0. The largest absolute Gasteiger partial charge is 0.381 e. The van der Waals surface area contributed by atoms with Crippen molar-refractivity contribution in [3.63, 3.8) is 0 Å². The highest BCUT2D eigenvalue weighted by molar-refractivity contribution is 5.75. The van der Waals surface area contributed by atoms with Gasteiger partial charge in [0, 0.05) is 31.8 Å². The minimum absolute atomic E-state index is 0.0193. The minimum atomic E-state index is -0.214. The van der Waals surface area contributed by atoms with E-state index in [4.69, 9.17) is 4.74 Å². The van der Waals surface area contributed by atoms with Crippen molar-refractivity contribution in [3.05, 3.63) is 35.6 Å². The molecule has 5 heteroatoms. The summed E-state index contributed by atoms with van der Waals surface area (Å²) in [5.41, 5.74) is 0.954. The lowest BCUT2D eigenvalue weighted by molar-refractivity contribution is 0.0778. The van der Waals surface area contributed by atoms with Crippen LogP contribution in [0, 0.1) is 5.82 Å². The summed E-state index contributed by atoms with van der Waals surface area (Å²) in [6.45, 7) is 2.23. The second-order valence-corrected chi connectivity index (χ2v) is 6.16. The van der Waals surface area contributed by atoms with Gasteiger partial charge in [-0.2, -0.15) is 0 Å². The number of carbonyl (C=O) groups excluding carboxylic acids is 1. The van der Waals surface area contributed by atoms with Crippen molar-refractivity contribution in [2.45, 2.75) is 44.2 Å². The Morgan fingerprint density at radius 1 is 1.32 bits per heavy atom. The second-order valence-electron chi connectivity index (χ2n) is 6.16. The number of halogens is 1. The molecule has 0 radical (unpaired) electrons. The van der Waals surface area contributed by atoms with Gasteiger partial charge in [-0.25, -0.2) is 9.18 Å². The number of urea groups is 1. The highest BCUT2D eigenvalue weighted by atomic mass is 19.1. The standard InChI is InChI=1S/C17H23FN2O2/c18-14-4-1-3-13(11-14)12-16-5-2-8-20(16)17(21)19-15-6-9-22-10-7-15/h1,3-4,11,15-16H,2,5-10,12H2,(H,19,21). The third kappa shape index (κ3) is 3.77. The van der Waals surface area contributed by atoms with E-state index in [0.717, 1.165) is 57.4 Å². The smallest absolute Gasteiger partial charge is 0.317 e. The van der Waals surface area contributed by atoms with Crippen LogP contribution in [0.3, 0.4) is 0 Å². The molecule has 1 atom stereocenters. The van der Waals surface area contributed by atoms with Gasteiger partial charge in [0.2, 0.25) is 0 Å². The van der Waals surface area contributed by atoms with Crippen molar-refractivity contribution in [3.8, 4) is 0 Å². The fraction of sp³-hybridized carbons (Fsp3) is 0.588. The van der Waals surface area contributed by atoms with Crippen molar-refractivity contribution in [2.24, 2.45) is 0 Å². The quantitative estimate of drug-likeness (QED) is 0.933. The van der Waals surface area contributed by atoms with E-state index < -0.39 is 0 Å². The first-order valence-electron chi connectivity index (χ1n) is 8.12. The number of carbonyl (C=O) groups is 1. The lowest BCUT2D eigenvalue weighted by Gasteiger charge is -2.29. The zero-order valence-corrected chi connectivity index (χ0v) is 12.8. The molecule has 1 unspecified atom stereocenters. The van der Waals surface area contributed by atoms with E-state index >= 15 is 0 Å². The number of hydrogen-bond donors (Lipinski definition) is 1. The van der Waals surface area contributed by atoms with Gasteiger partial charge in [0.25, 0.3) is 0 Å². The van der Waals surface area contributed by atoms with E-state index in [0.29, 0.717) is 0 Å². The van der Waals surface area contributed by atoms with Crippen LogP contribution in [0.25, 0.3) is 0 Å². The van der Waals surface area contributed by atoms with Crippen molar-refractivity contribution >= 4 is 6.03 Å². The lowest BCUT2D eigenvalue weighted by Crippen LogP contribution is -2.48. The summed E-state index contributed by atoms with van der Waals surface area (Å²) < 4.78 is 18.6. The summed E-state index contributed by atoms with van der Waals surface area (Å²) in [6, 6.07) is 7.08. The first-order chi connectivity index (χ1) is 10.7. The number of nitrogens with one attached hydrogen (secondary N) is 1. The predicted octanol–water partition coefficient (Wildman–Crippen LogP) is 2.72. The summed E-state index contributed by atoms with van der Waals surface area (Å²) in [5, 5.41) is 3.12. The molecular formula is C17H23FN2O2. The highest BCUT2D eigenvalue weighted by Crippen LogP contribution is 2.22. The molecule has 0 saturated carbocycles. The van der Waals surface area contributed by atoms with Gasteiger partial charge in [-0.05, 0) is 49.8 Å². The number of likely N-dealkylation sites (tertiary alicyclic amines) is 1. The first kappa shape index (κ1) is 15.3. The van der Waals surface area contributed by atoms with Gasteiger partial charge in [0.15, 0.2) is 0 Å². The number of amides is 2. The van der Waals surface area contributed by atoms with E-state index in [2.05, 4.69) is 5.32 Å². The Bertz CT molecular complexity index is 517. The van der Waals surface area contributed by atoms with Crippen LogP contribution in [0.15, 0.2) is 24.3 Å². The highest BCUT2D eigenvalue weighted by Gasteiger charge is 2.30. The second kappa shape index (κ2) is 7.09. The Morgan fingerprint density at radius 3 is 2.91 bits per heavy atom. The number of nitrogens with zero attached hydrogens (tertiary/aromatic N) is 1. The fourth-order valence-electron chi connectivity index (χ4n) is 3.35. The Balaban J connectivity index is 1.58. The maximum atomic E-state index is 13.3. The molecule has 4 nitrogen and oxygen atoms in total. The van der Waals surface area contributed by atoms with Crippen molar-refractivity contribution < 1.29 is 13.9 Å². The third-order valence-corrected chi connectivity index (χ3v) is 4.55. The molecule has 2 amide bonds. The van der Waals surface area contributed by atoms with Gasteiger partial charge in [0.05, 0.1) is 0 Å². The van der Waals surface area contributed by atoms with Crippen LogP contribution >= 0.6 is 0 Å². The zero-order valence-electron chi connectivity index (χ0n) is 12.8. The van der Waals surface area contributed by atoms with Crippen LogP contribution in [-0.2, 0) is 11.2 Å². The Labute approximate surface area is 130 Å².